The predicted molar refractivity (Wildman–Crippen MR) is 53.6 cm³/mol. The van der Waals surface area contributed by atoms with Crippen molar-refractivity contribution in [2.75, 3.05) is 5.75 Å². The first-order valence-electron chi connectivity index (χ1n) is 3.66. The monoisotopic (exact) mass is 214 g/mol. The molecule has 4 nitrogen and oxygen atoms in total. The van der Waals surface area contributed by atoms with Crippen LogP contribution in [-0.2, 0) is 0 Å². The van der Waals surface area contributed by atoms with Crippen molar-refractivity contribution in [1.29, 1.82) is 5.26 Å². The van der Waals surface area contributed by atoms with E-state index in [0.717, 1.165) is 9.35 Å². The average molecular weight is 214 g/mol. The molecule has 13 heavy (non-hydrogen) atoms. The van der Waals surface area contributed by atoms with Crippen molar-refractivity contribution < 1.29 is 0 Å². The fourth-order valence-electron chi connectivity index (χ4n) is 0.581. The van der Waals surface area contributed by atoms with Crippen LogP contribution in [0, 0.1) is 18.3 Å². The van der Waals surface area contributed by atoms with E-state index in [0.29, 0.717) is 5.75 Å². The molecule has 1 aromatic rings. The highest BCUT2D eigenvalue weighted by Gasteiger charge is 2.18. The maximum absolute atomic E-state index is 8.66. The van der Waals surface area contributed by atoms with Gasteiger partial charge in [-0.15, -0.1) is 10.2 Å². The molecule has 0 aliphatic heterocycles. The Bertz CT molecular complexity index is 325. The van der Waals surface area contributed by atoms with E-state index in [4.69, 9.17) is 11.0 Å². The Labute approximate surface area is 85.2 Å². The quantitative estimate of drug-likeness (QED) is 0.765. The van der Waals surface area contributed by atoms with Gasteiger partial charge < -0.3 is 5.73 Å². The third kappa shape index (κ3) is 3.30. The first kappa shape index (κ1) is 10.4. The van der Waals surface area contributed by atoms with Crippen molar-refractivity contribution in [1.82, 2.24) is 10.2 Å². The molecule has 0 amide bonds. The molecule has 1 aromatic heterocycles. The highest BCUT2D eigenvalue weighted by atomic mass is 32.2. The zero-order valence-corrected chi connectivity index (χ0v) is 9.08. The summed E-state index contributed by atoms with van der Waals surface area (Å²) >= 11 is 2.98. The first-order chi connectivity index (χ1) is 6.03. The standard InChI is InChI=1S/C7H10N4S2/c1-5-10-11-6(13-5)12-4-7(2,9)3-8/h4,9H2,1-2H3. The fourth-order valence-corrected chi connectivity index (χ4v) is 2.36. The number of aryl methyl sites for hydroxylation is 1. The number of nitriles is 1. The Morgan fingerprint density at radius 3 is 2.85 bits per heavy atom. The van der Waals surface area contributed by atoms with Crippen LogP contribution in [0.15, 0.2) is 4.34 Å². The largest absolute Gasteiger partial charge is 0.313 e. The van der Waals surface area contributed by atoms with E-state index >= 15 is 0 Å². The van der Waals surface area contributed by atoms with Crippen molar-refractivity contribution in [3.05, 3.63) is 5.01 Å². The Morgan fingerprint density at radius 1 is 1.69 bits per heavy atom. The summed E-state index contributed by atoms with van der Waals surface area (Å²) < 4.78 is 0.865. The third-order valence-corrected chi connectivity index (χ3v) is 3.57. The molecule has 6 heteroatoms. The molecular formula is C7H10N4S2. The fraction of sp³-hybridized carbons (Fsp3) is 0.571. The normalized spacial score (nSPS) is 14.9. The van der Waals surface area contributed by atoms with Crippen LogP contribution in [0.3, 0.4) is 0 Å². The molecule has 1 heterocycles. The van der Waals surface area contributed by atoms with E-state index in [2.05, 4.69) is 10.2 Å². The Morgan fingerprint density at radius 2 is 2.38 bits per heavy atom. The Hall–Kier alpha value is -0.640. The lowest BCUT2D eigenvalue weighted by Gasteiger charge is -2.12. The van der Waals surface area contributed by atoms with Gasteiger partial charge >= 0.3 is 0 Å². The summed E-state index contributed by atoms with van der Waals surface area (Å²) in [5.74, 6) is 0.540. The zero-order valence-electron chi connectivity index (χ0n) is 7.44. The molecule has 1 unspecified atom stereocenters. The van der Waals surface area contributed by atoms with Gasteiger partial charge in [0, 0.05) is 5.75 Å². The van der Waals surface area contributed by atoms with Crippen molar-refractivity contribution in [2.45, 2.75) is 23.7 Å². The lowest BCUT2D eigenvalue weighted by Crippen LogP contribution is -2.36. The van der Waals surface area contributed by atoms with E-state index in [1.54, 1.807) is 6.92 Å². The smallest absolute Gasteiger partial charge is 0.174 e. The van der Waals surface area contributed by atoms with Gasteiger partial charge in [0.2, 0.25) is 0 Å². The number of thioether (sulfide) groups is 1. The molecule has 0 aliphatic rings. The zero-order chi connectivity index (χ0) is 9.90. The minimum Gasteiger partial charge on any atom is -0.313 e. The summed E-state index contributed by atoms with van der Waals surface area (Å²) in [5.41, 5.74) is 4.86. The second-order valence-corrected chi connectivity index (χ2v) is 5.31. The number of aromatic nitrogens is 2. The van der Waals surface area contributed by atoms with Crippen molar-refractivity contribution in [3.63, 3.8) is 0 Å². The SMILES string of the molecule is Cc1nnc(SCC(C)(N)C#N)s1. The van der Waals surface area contributed by atoms with E-state index in [1.165, 1.54) is 23.1 Å². The van der Waals surface area contributed by atoms with Gasteiger partial charge in [0.05, 0.1) is 6.07 Å². The van der Waals surface area contributed by atoms with E-state index in [9.17, 15) is 0 Å². The highest BCUT2D eigenvalue weighted by molar-refractivity contribution is 8.01. The van der Waals surface area contributed by atoms with Gasteiger partial charge in [-0.25, -0.2) is 0 Å². The van der Waals surface area contributed by atoms with Gasteiger partial charge in [-0.2, -0.15) is 5.26 Å². The Balaban J connectivity index is 2.49. The molecule has 0 spiro atoms. The second-order valence-electron chi connectivity index (χ2n) is 2.90. The van der Waals surface area contributed by atoms with Crippen LogP contribution in [0.1, 0.15) is 11.9 Å². The lowest BCUT2D eigenvalue weighted by atomic mass is 10.1. The van der Waals surface area contributed by atoms with Crippen LogP contribution in [0.25, 0.3) is 0 Å². The van der Waals surface area contributed by atoms with Crippen molar-refractivity contribution in [2.24, 2.45) is 5.73 Å². The number of nitrogens with two attached hydrogens (primary N) is 1. The van der Waals surface area contributed by atoms with Gasteiger partial charge in [-0.05, 0) is 13.8 Å². The van der Waals surface area contributed by atoms with Crippen LogP contribution in [0.2, 0.25) is 0 Å². The molecule has 1 rings (SSSR count). The molecule has 0 radical (unpaired) electrons. The molecule has 2 N–H and O–H groups in total. The molecule has 0 saturated heterocycles. The van der Waals surface area contributed by atoms with E-state index < -0.39 is 5.54 Å². The molecule has 0 saturated carbocycles. The van der Waals surface area contributed by atoms with Crippen molar-refractivity contribution in [3.8, 4) is 6.07 Å². The van der Waals surface area contributed by atoms with Gasteiger partial charge in [0.15, 0.2) is 4.34 Å². The number of rotatable bonds is 3. The molecule has 0 fully saturated rings. The van der Waals surface area contributed by atoms with Gasteiger partial charge in [0.1, 0.15) is 10.5 Å². The molecule has 70 valence electrons. The minimum absolute atomic E-state index is 0.540. The minimum atomic E-state index is -0.787. The molecule has 1 atom stereocenters. The van der Waals surface area contributed by atoms with Crippen LogP contribution < -0.4 is 5.73 Å². The summed E-state index contributed by atoms with van der Waals surface area (Å²) in [6.45, 7) is 3.60. The summed E-state index contributed by atoms with van der Waals surface area (Å²) in [4.78, 5) is 0. The summed E-state index contributed by atoms with van der Waals surface area (Å²) in [7, 11) is 0. The number of hydrogen-bond acceptors (Lipinski definition) is 6. The third-order valence-electron chi connectivity index (χ3n) is 1.26. The summed E-state index contributed by atoms with van der Waals surface area (Å²) in [6, 6.07) is 2.03. The van der Waals surface area contributed by atoms with E-state index in [1.807, 2.05) is 13.0 Å². The van der Waals surface area contributed by atoms with E-state index in [-0.39, 0.29) is 0 Å². The van der Waals surface area contributed by atoms with Crippen LogP contribution in [0.5, 0.6) is 0 Å². The first-order valence-corrected chi connectivity index (χ1v) is 5.47. The van der Waals surface area contributed by atoms with Crippen LogP contribution in [0.4, 0.5) is 0 Å². The predicted octanol–water partition coefficient (Wildman–Crippen LogP) is 1.18. The topological polar surface area (TPSA) is 75.6 Å². The van der Waals surface area contributed by atoms with Crippen LogP contribution in [-0.4, -0.2) is 21.5 Å². The highest BCUT2D eigenvalue weighted by Crippen LogP contribution is 2.24. The van der Waals surface area contributed by atoms with Gasteiger partial charge in [0.25, 0.3) is 0 Å². The van der Waals surface area contributed by atoms with Crippen molar-refractivity contribution >= 4 is 23.1 Å². The average Bonchev–Trinajstić information content (AvgIpc) is 2.48. The van der Waals surface area contributed by atoms with Gasteiger partial charge in [-0.1, -0.05) is 23.1 Å². The second kappa shape index (κ2) is 4.05. The molecular weight excluding hydrogens is 204 g/mol. The summed E-state index contributed by atoms with van der Waals surface area (Å²) in [6.07, 6.45) is 0. The number of nitrogens with zero attached hydrogens (tertiary/aromatic N) is 3. The Kier molecular flexibility index (Phi) is 3.25. The maximum atomic E-state index is 8.66. The molecule has 0 bridgehead atoms. The lowest BCUT2D eigenvalue weighted by molar-refractivity contribution is 0.682. The summed E-state index contributed by atoms with van der Waals surface area (Å²) in [5, 5.41) is 17.4. The molecule has 0 aliphatic carbocycles. The number of hydrogen-bond donors (Lipinski definition) is 1. The van der Waals surface area contributed by atoms with Crippen LogP contribution >= 0.6 is 23.1 Å². The molecule has 0 aromatic carbocycles. The maximum Gasteiger partial charge on any atom is 0.174 e. The van der Waals surface area contributed by atoms with Gasteiger partial charge in [-0.3, -0.25) is 0 Å².